The fraction of sp³-hybridized carbons (Fsp3) is 0.136. The van der Waals surface area contributed by atoms with Crippen molar-refractivity contribution in [3.63, 3.8) is 0 Å². The number of nitro benzene ring substituents is 1. The van der Waals surface area contributed by atoms with E-state index in [0.717, 1.165) is 17.7 Å². The van der Waals surface area contributed by atoms with E-state index in [9.17, 15) is 23.3 Å². The van der Waals surface area contributed by atoms with E-state index in [4.69, 9.17) is 4.74 Å². The van der Waals surface area contributed by atoms with E-state index in [1.807, 2.05) is 6.07 Å². The Kier molecular flexibility index (Phi) is 7.11. The minimum absolute atomic E-state index is 0.0221. The average Bonchev–Trinajstić information content (AvgIpc) is 2.78. The van der Waals surface area contributed by atoms with Gasteiger partial charge in [-0.1, -0.05) is 72.8 Å². The molecule has 3 aromatic carbocycles. The van der Waals surface area contributed by atoms with E-state index in [1.54, 1.807) is 54.6 Å². The van der Waals surface area contributed by atoms with Crippen LogP contribution in [0.25, 0.3) is 0 Å². The van der Waals surface area contributed by atoms with E-state index in [2.05, 4.69) is 4.72 Å². The molecule has 0 saturated heterocycles. The summed E-state index contributed by atoms with van der Waals surface area (Å²) in [5, 5.41) is 11.3. The number of benzene rings is 3. The molecule has 0 fully saturated rings. The SMILES string of the molecule is O=C(OCc1ccccc1)C(Cc1ccccc1)NS(=O)(=O)c1ccccc1[N+](=O)[O-]. The Morgan fingerprint density at radius 1 is 0.903 bits per heavy atom. The first-order valence-corrected chi connectivity index (χ1v) is 10.9. The molecule has 1 unspecified atom stereocenters. The summed E-state index contributed by atoms with van der Waals surface area (Å²) < 4.78 is 33.4. The van der Waals surface area contributed by atoms with Gasteiger partial charge in [-0.25, -0.2) is 8.42 Å². The van der Waals surface area contributed by atoms with Crippen LogP contribution in [-0.4, -0.2) is 25.4 Å². The summed E-state index contributed by atoms with van der Waals surface area (Å²) in [6, 6.07) is 21.5. The Morgan fingerprint density at radius 3 is 2.06 bits per heavy atom. The lowest BCUT2D eigenvalue weighted by molar-refractivity contribution is -0.387. The third kappa shape index (κ3) is 5.97. The molecule has 0 amide bonds. The van der Waals surface area contributed by atoms with E-state index in [-0.39, 0.29) is 13.0 Å². The van der Waals surface area contributed by atoms with E-state index in [1.165, 1.54) is 12.1 Å². The van der Waals surface area contributed by atoms with E-state index < -0.39 is 37.5 Å². The lowest BCUT2D eigenvalue weighted by atomic mass is 10.1. The van der Waals surface area contributed by atoms with Gasteiger partial charge in [-0.05, 0) is 23.6 Å². The highest BCUT2D eigenvalue weighted by atomic mass is 32.2. The Morgan fingerprint density at radius 2 is 1.45 bits per heavy atom. The molecule has 0 radical (unpaired) electrons. The molecule has 0 spiro atoms. The van der Waals surface area contributed by atoms with Crippen LogP contribution in [0.4, 0.5) is 5.69 Å². The van der Waals surface area contributed by atoms with Gasteiger partial charge < -0.3 is 4.74 Å². The molecule has 0 aromatic heterocycles. The molecule has 3 rings (SSSR count). The monoisotopic (exact) mass is 440 g/mol. The normalized spacial score (nSPS) is 12.1. The Balaban J connectivity index is 1.85. The summed E-state index contributed by atoms with van der Waals surface area (Å²) in [4.78, 5) is 22.7. The molecule has 9 heteroatoms. The van der Waals surface area contributed by atoms with Crippen LogP contribution in [0.1, 0.15) is 11.1 Å². The molecule has 0 saturated carbocycles. The summed E-state index contributed by atoms with van der Waals surface area (Å²) in [5.74, 6) is -0.783. The Hall–Kier alpha value is -3.56. The van der Waals surface area contributed by atoms with Crippen molar-refractivity contribution in [2.24, 2.45) is 0 Å². The first-order chi connectivity index (χ1) is 14.9. The van der Waals surface area contributed by atoms with E-state index in [0.29, 0.717) is 5.56 Å². The molecular formula is C22H20N2O6S. The molecule has 0 bridgehead atoms. The molecular weight excluding hydrogens is 420 g/mol. The van der Waals surface area contributed by atoms with Gasteiger partial charge in [0.2, 0.25) is 10.0 Å². The molecule has 0 aliphatic heterocycles. The highest BCUT2D eigenvalue weighted by Crippen LogP contribution is 2.23. The van der Waals surface area contributed by atoms with Crippen LogP contribution in [-0.2, 0) is 32.6 Å². The number of carbonyl (C=O) groups excluding carboxylic acids is 1. The van der Waals surface area contributed by atoms with E-state index >= 15 is 0 Å². The van der Waals surface area contributed by atoms with Gasteiger partial charge >= 0.3 is 5.97 Å². The fourth-order valence-corrected chi connectivity index (χ4v) is 4.29. The minimum Gasteiger partial charge on any atom is -0.460 e. The van der Waals surface area contributed by atoms with Gasteiger partial charge in [-0.2, -0.15) is 4.72 Å². The van der Waals surface area contributed by atoms with Crippen LogP contribution in [0, 0.1) is 10.1 Å². The van der Waals surface area contributed by atoms with Gasteiger partial charge in [0, 0.05) is 6.07 Å². The molecule has 31 heavy (non-hydrogen) atoms. The van der Waals surface area contributed by atoms with Crippen LogP contribution < -0.4 is 4.72 Å². The van der Waals surface area contributed by atoms with Crippen molar-refractivity contribution in [3.8, 4) is 0 Å². The largest absolute Gasteiger partial charge is 0.460 e. The van der Waals surface area contributed by atoms with Crippen LogP contribution in [0.15, 0.2) is 89.8 Å². The predicted molar refractivity (Wildman–Crippen MR) is 114 cm³/mol. The van der Waals surface area contributed by atoms with Crippen LogP contribution in [0.2, 0.25) is 0 Å². The third-order valence-electron chi connectivity index (χ3n) is 4.44. The predicted octanol–water partition coefficient (Wildman–Crippen LogP) is 3.23. The summed E-state index contributed by atoms with van der Waals surface area (Å²) in [5.41, 5.74) is 0.872. The number of para-hydroxylation sites is 1. The van der Waals surface area contributed by atoms with Gasteiger partial charge in [-0.3, -0.25) is 14.9 Å². The van der Waals surface area contributed by atoms with Crippen molar-refractivity contribution in [1.82, 2.24) is 4.72 Å². The van der Waals surface area contributed by atoms with Crippen molar-refractivity contribution in [1.29, 1.82) is 0 Å². The number of esters is 1. The second kappa shape index (κ2) is 9.96. The lowest BCUT2D eigenvalue weighted by Gasteiger charge is -2.18. The molecule has 0 heterocycles. The number of nitrogens with zero attached hydrogens (tertiary/aromatic N) is 1. The molecule has 1 N–H and O–H groups in total. The summed E-state index contributed by atoms with van der Waals surface area (Å²) in [7, 11) is -4.38. The first-order valence-electron chi connectivity index (χ1n) is 9.37. The maximum Gasteiger partial charge on any atom is 0.324 e. The molecule has 1 atom stereocenters. The molecule has 0 aliphatic rings. The van der Waals surface area contributed by atoms with Crippen LogP contribution in [0.5, 0.6) is 0 Å². The molecule has 8 nitrogen and oxygen atoms in total. The lowest BCUT2D eigenvalue weighted by Crippen LogP contribution is -2.43. The Labute approximate surface area is 179 Å². The smallest absolute Gasteiger partial charge is 0.324 e. The second-order valence-corrected chi connectivity index (χ2v) is 8.36. The van der Waals surface area contributed by atoms with Crippen molar-refractivity contribution < 1.29 is 22.9 Å². The van der Waals surface area contributed by atoms with Crippen molar-refractivity contribution in [2.75, 3.05) is 0 Å². The maximum absolute atomic E-state index is 12.9. The number of hydrogen-bond acceptors (Lipinski definition) is 6. The first kappa shape index (κ1) is 22.1. The number of hydrogen-bond donors (Lipinski definition) is 1. The zero-order valence-electron chi connectivity index (χ0n) is 16.4. The van der Waals surface area contributed by atoms with Gasteiger partial charge in [0.05, 0.1) is 4.92 Å². The minimum atomic E-state index is -4.38. The van der Waals surface area contributed by atoms with Crippen LogP contribution >= 0.6 is 0 Å². The number of nitrogens with one attached hydrogen (secondary N) is 1. The number of ether oxygens (including phenoxy) is 1. The maximum atomic E-state index is 12.9. The number of nitro groups is 1. The standard InChI is InChI=1S/C22H20N2O6S/c25-22(30-16-18-11-5-2-6-12-18)19(15-17-9-3-1-4-10-17)23-31(28,29)21-14-8-7-13-20(21)24(26)27/h1-14,19,23H,15-16H2. The van der Waals surface area contributed by atoms with Crippen molar-refractivity contribution >= 4 is 21.7 Å². The second-order valence-electron chi connectivity index (χ2n) is 6.68. The Bertz CT molecular complexity index is 1150. The van der Waals surface area contributed by atoms with Crippen LogP contribution in [0.3, 0.4) is 0 Å². The van der Waals surface area contributed by atoms with Gasteiger partial charge in [0.15, 0.2) is 4.90 Å². The fourth-order valence-electron chi connectivity index (χ4n) is 2.94. The van der Waals surface area contributed by atoms with Crippen molar-refractivity contribution in [3.05, 3.63) is 106 Å². The molecule has 0 aliphatic carbocycles. The highest BCUT2D eigenvalue weighted by molar-refractivity contribution is 7.89. The third-order valence-corrected chi connectivity index (χ3v) is 5.96. The molecule has 160 valence electrons. The van der Waals surface area contributed by atoms with Gasteiger partial charge in [-0.15, -0.1) is 0 Å². The summed E-state index contributed by atoms with van der Waals surface area (Å²) in [6.07, 6.45) is 0.0221. The summed E-state index contributed by atoms with van der Waals surface area (Å²) >= 11 is 0. The topological polar surface area (TPSA) is 116 Å². The van der Waals surface area contributed by atoms with Crippen molar-refractivity contribution in [2.45, 2.75) is 24.0 Å². The number of sulfonamides is 1. The highest BCUT2D eigenvalue weighted by Gasteiger charge is 2.31. The number of rotatable bonds is 9. The van der Waals surface area contributed by atoms with Gasteiger partial charge in [0.25, 0.3) is 5.69 Å². The van der Waals surface area contributed by atoms with Gasteiger partial charge in [0.1, 0.15) is 12.6 Å². The number of carbonyl (C=O) groups is 1. The quantitative estimate of drug-likeness (QED) is 0.310. The zero-order chi connectivity index (χ0) is 22.3. The summed E-state index contributed by atoms with van der Waals surface area (Å²) in [6.45, 7) is -0.0296. The zero-order valence-corrected chi connectivity index (χ0v) is 17.2. The average molecular weight is 440 g/mol. The molecule has 3 aromatic rings.